The van der Waals surface area contributed by atoms with Crippen LogP contribution in [-0.2, 0) is 14.3 Å². The summed E-state index contributed by atoms with van der Waals surface area (Å²) in [5, 5.41) is 3.02. The Morgan fingerprint density at radius 3 is 2.38 bits per heavy atom. The zero-order valence-corrected chi connectivity index (χ0v) is 19.1. The summed E-state index contributed by atoms with van der Waals surface area (Å²) in [7, 11) is 1.58. The van der Waals surface area contributed by atoms with Crippen molar-refractivity contribution in [1.29, 1.82) is 0 Å². The Morgan fingerprint density at radius 2 is 1.81 bits per heavy atom. The van der Waals surface area contributed by atoms with Gasteiger partial charge in [-0.15, -0.1) is 0 Å². The fourth-order valence-corrected chi connectivity index (χ4v) is 4.55. The first-order valence-electron chi connectivity index (χ1n) is 11.5. The highest BCUT2D eigenvalue weighted by Gasteiger charge is 2.54. The van der Waals surface area contributed by atoms with Gasteiger partial charge >= 0.3 is 0 Å². The summed E-state index contributed by atoms with van der Waals surface area (Å²) < 4.78 is 11.4. The van der Waals surface area contributed by atoms with Crippen LogP contribution in [0.3, 0.4) is 0 Å². The summed E-state index contributed by atoms with van der Waals surface area (Å²) >= 11 is 0. The molecule has 1 saturated carbocycles. The molecule has 1 spiro atoms. The molecule has 2 aliphatic heterocycles. The predicted octanol–water partition coefficient (Wildman–Crippen LogP) is 2.18. The Morgan fingerprint density at radius 1 is 1.16 bits per heavy atom. The smallest absolute Gasteiger partial charge is 0.256 e. The van der Waals surface area contributed by atoms with Crippen LogP contribution in [0, 0.1) is 5.92 Å². The van der Waals surface area contributed by atoms with Crippen LogP contribution in [0.2, 0.25) is 0 Å². The molecule has 8 heteroatoms. The van der Waals surface area contributed by atoms with Crippen molar-refractivity contribution in [2.75, 3.05) is 26.8 Å². The number of piperidine rings is 1. The van der Waals surface area contributed by atoms with Crippen molar-refractivity contribution >= 4 is 17.7 Å². The molecule has 1 atom stereocenters. The molecule has 4 rings (SSSR count). The SMILES string of the molecule is COc1ccc(C(=O)N2C(C(=O)NC3CC3)COC23CCN(C(=O)CC(C)C)CC3)cc1. The fraction of sp³-hybridized carbons (Fsp3) is 0.625. The molecule has 1 unspecified atom stereocenters. The molecule has 0 radical (unpaired) electrons. The monoisotopic (exact) mass is 443 g/mol. The van der Waals surface area contributed by atoms with Crippen LogP contribution in [-0.4, -0.2) is 72.1 Å². The van der Waals surface area contributed by atoms with E-state index in [0.29, 0.717) is 49.6 Å². The number of carbonyl (C=O) groups is 3. The molecule has 2 saturated heterocycles. The van der Waals surface area contributed by atoms with Crippen molar-refractivity contribution in [3.8, 4) is 5.75 Å². The van der Waals surface area contributed by atoms with E-state index in [4.69, 9.17) is 9.47 Å². The third-order valence-corrected chi connectivity index (χ3v) is 6.52. The number of rotatable bonds is 6. The fourth-order valence-electron chi connectivity index (χ4n) is 4.55. The molecule has 1 aromatic rings. The lowest BCUT2D eigenvalue weighted by Gasteiger charge is -2.44. The summed E-state index contributed by atoms with van der Waals surface area (Å²) in [5.41, 5.74) is -0.393. The zero-order valence-electron chi connectivity index (χ0n) is 19.1. The van der Waals surface area contributed by atoms with E-state index in [9.17, 15) is 14.4 Å². The largest absolute Gasteiger partial charge is 0.497 e. The van der Waals surface area contributed by atoms with Crippen LogP contribution in [0.5, 0.6) is 5.75 Å². The number of hydrogen-bond acceptors (Lipinski definition) is 5. The molecule has 32 heavy (non-hydrogen) atoms. The van der Waals surface area contributed by atoms with E-state index in [-0.39, 0.29) is 30.4 Å². The lowest BCUT2D eigenvalue weighted by molar-refractivity contribution is -0.144. The summed E-state index contributed by atoms with van der Waals surface area (Å²) in [5.74, 6) is 0.690. The number of benzene rings is 1. The zero-order chi connectivity index (χ0) is 22.9. The molecule has 3 amide bonds. The van der Waals surface area contributed by atoms with Crippen molar-refractivity contribution in [1.82, 2.24) is 15.1 Å². The second-order valence-corrected chi connectivity index (χ2v) is 9.44. The molecular weight excluding hydrogens is 410 g/mol. The van der Waals surface area contributed by atoms with Crippen LogP contribution >= 0.6 is 0 Å². The van der Waals surface area contributed by atoms with Gasteiger partial charge in [-0.1, -0.05) is 13.8 Å². The molecule has 1 aliphatic carbocycles. The number of nitrogens with zero attached hydrogens (tertiary/aromatic N) is 2. The van der Waals surface area contributed by atoms with Gasteiger partial charge in [0.25, 0.3) is 5.91 Å². The van der Waals surface area contributed by atoms with Gasteiger partial charge in [0.05, 0.1) is 13.7 Å². The normalized spacial score (nSPS) is 22.3. The molecule has 8 nitrogen and oxygen atoms in total. The maximum Gasteiger partial charge on any atom is 0.256 e. The number of ether oxygens (including phenoxy) is 2. The first-order chi connectivity index (χ1) is 15.3. The minimum Gasteiger partial charge on any atom is -0.497 e. The highest BCUT2D eigenvalue weighted by atomic mass is 16.5. The first-order valence-corrected chi connectivity index (χ1v) is 11.5. The molecule has 0 aromatic heterocycles. The minimum absolute atomic E-state index is 0.129. The molecular formula is C24H33N3O5. The van der Waals surface area contributed by atoms with E-state index in [0.717, 1.165) is 12.8 Å². The van der Waals surface area contributed by atoms with Crippen LogP contribution in [0.25, 0.3) is 0 Å². The molecule has 0 bridgehead atoms. The Bertz CT molecular complexity index is 857. The van der Waals surface area contributed by atoms with Crippen molar-refractivity contribution in [2.45, 2.75) is 63.8 Å². The first kappa shape index (κ1) is 22.6. The number of amides is 3. The molecule has 1 N–H and O–H groups in total. The molecule has 2 heterocycles. The highest BCUT2D eigenvalue weighted by molar-refractivity contribution is 5.98. The number of nitrogens with one attached hydrogen (secondary N) is 1. The number of hydrogen-bond donors (Lipinski definition) is 1. The Hall–Kier alpha value is -2.61. The van der Waals surface area contributed by atoms with Gasteiger partial charge in [-0.05, 0) is 43.0 Å². The predicted molar refractivity (Wildman–Crippen MR) is 118 cm³/mol. The second kappa shape index (κ2) is 9.10. The van der Waals surface area contributed by atoms with Gasteiger partial charge in [0.15, 0.2) is 0 Å². The Balaban J connectivity index is 1.55. The van der Waals surface area contributed by atoms with E-state index in [2.05, 4.69) is 5.32 Å². The van der Waals surface area contributed by atoms with Crippen LogP contribution in [0.15, 0.2) is 24.3 Å². The van der Waals surface area contributed by atoms with Crippen LogP contribution in [0.1, 0.15) is 56.3 Å². The molecule has 3 aliphatic rings. The van der Waals surface area contributed by atoms with Gasteiger partial charge in [0.2, 0.25) is 11.8 Å². The summed E-state index contributed by atoms with van der Waals surface area (Å²) in [6.07, 6.45) is 3.44. The topological polar surface area (TPSA) is 88.2 Å². The van der Waals surface area contributed by atoms with Crippen molar-refractivity contribution in [3.63, 3.8) is 0 Å². The quantitative estimate of drug-likeness (QED) is 0.728. The third kappa shape index (κ3) is 4.60. The van der Waals surface area contributed by atoms with Crippen LogP contribution in [0.4, 0.5) is 0 Å². The summed E-state index contributed by atoms with van der Waals surface area (Å²) in [6.45, 7) is 5.24. The average molecular weight is 444 g/mol. The lowest BCUT2D eigenvalue weighted by atomic mass is 9.96. The van der Waals surface area contributed by atoms with Gasteiger partial charge < -0.3 is 19.7 Å². The molecule has 1 aromatic carbocycles. The van der Waals surface area contributed by atoms with E-state index in [1.807, 2.05) is 18.7 Å². The Kier molecular flexibility index (Phi) is 6.42. The van der Waals surface area contributed by atoms with E-state index in [1.54, 1.807) is 36.3 Å². The number of methoxy groups -OCH3 is 1. The minimum atomic E-state index is -0.878. The van der Waals surface area contributed by atoms with Gasteiger partial charge in [0, 0.05) is 44.0 Å². The van der Waals surface area contributed by atoms with Crippen LogP contribution < -0.4 is 10.1 Å². The van der Waals surface area contributed by atoms with Gasteiger partial charge in [0.1, 0.15) is 17.5 Å². The summed E-state index contributed by atoms with van der Waals surface area (Å²) in [6, 6.07) is 6.43. The van der Waals surface area contributed by atoms with E-state index in [1.165, 1.54) is 0 Å². The van der Waals surface area contributed by atoms with Gasteiger partial charge in [-0.25, -0.2) is 0 Å². The third-order valence-electron chi connectivity index (χ3n) is 6.52. The van der Waals surface area contributed by atoms with Gasteiger partial charge in [-0.3, -0.25) is 19.3 Å². The van der Waals surface area contributed by atoms with Crippen molar-refractivity contribution < 1.29 is 23.9 Å². The Labute approximate surface area is 189 Å². The second-order valence-electron chi connectivity index (χ2n) is 9.44. The average Bonchev–Trinajstić information content (AvgIpc) is 3.52. The number of likely N-dealkylation sites (tertiary alicyclic amines) is 1. The molecule has 3 fully saturated rings. The standard InChI is InChI=1S/C24H33N3O5/c1-16(2)14-21(28)26-12-10-24(11-13-26)27(20(15-32-24)22(29)25-18-6-7-18)23(30)17-4-8-19(31-3)9-5-17/h4-5,8-9,16,18,20H,6-7,10-15H2,1-3H3,(H,25,29). The molecule has 174 valence electrons. The van der Waals surface area contributed by atoms with E-state index >= 15 is 0 Å². The van der Waals surface area contributed by atoms with E-state index < -0.39 is 11.8 Å². The number of carbonyl (C=O) groups excluding carboxylic acids is 3. The summed E-state index contributed by atoms with van der Waals surface area (Å²) in [4.78, 5) is 42.7. The van der Waals surface area contributed by atoms with Crippen molar-refractivity contribution in [3.05, 3.63) is 29.8 Å². The van der Waals surface area contributed by atoms with Crippen molar-refractivity contribution in [2.24, 2.45) is 5.92 Å². The maximum absolute atomic E-state index is 13.6. The highest BCUT2D eigenvalue weighted by Crippen LogP contribution is 2.39. The lowest BCUT2D eigenvalue weighted by Crippen LogP contribution is -2.60. The maximum atomic E-state index is 13.6. The van der Waals surface area contributed by atoms with Gasteiger partial charge in [-0.2, -0.15) is 0 Å².